The van der Waals surface area contributed by atoms with E-state index in [4.69, 9.17) is 14.3 Å². The molecule has 1 aromatic heterocycles. The van der Waals surface area contributed by atoms with Gasteiger partial charge in [-0.1, -0.05) is 90.0 Å². The number of aromatic nitrogens is 1. The predicted octanol–water partition coefficient (Wildman–Crippen LogP) is 10.2. The second-order valence-electron chi connectivity index (χ2n) is 11.4. The Bertz CT molecular complexity index is 1330. The van der Waals surface area contributed by atoms with Gasteiger partial charge in [0, 0.05) is 11.5 Å². The molecule has 0 fully saturated rings. The molecule has 0 radical (unpaired) electrons. The van der Waals surface area contributed by atoms with Gasteiger partial charge in [-0.15, -0.1) is 11.3 Å². The van der Waals surface area contributed by atoms with Crippen LogP contribution in [0.2, 0.25) is 0 Å². The molecule has 0 aliphatic carbocycles. The van der Waals surface area contributed by atoms with Crippen LogP contribution in [-0.2, 0) is 0 Å². The highest BCUT2D eigenvalue weighted by Crippen LogP contribution is 2.32. The van der Waals surface area contributed by atoms with Gasteiger partial charge in [-0.3, -0.25) is 4.79 Å². The smallest absolute Gasteiger partial charge is 0.363 e. The number of hydrogen-bond acceptors (Lipinski definition) is 5. The lowest BCUT2D eigenvalue weighted by atomic mass is 10.1. The molecule has 0 saturated carbocycles. The second kappa shape index (κ2) is 20.8. The summed E-state index contributed by atoms with van der Waals surface area (Å²) < 4.78 is 13.6. The van der Waals surface area contributed by atoms with E-state index in [2.05, 4.69) is 29.4 Å². The number of carbonyl (C=O) groups is 1. The van der Waals surface area contributed by atoms with Crippen molar-refractivity contribution in [1.29, 1.82) is 0 Å². The van der Waals surface area contributed by atoms with Gasteiger partial charge in [0.1, 0.15) is 11.5 Å². The molecule has 3 rings (SSSR count). The number of nitrogens with zero attached hydrogens (tertiary/aromatic N) is 1. The fourth-order valence-corrected chi connectivity index (χ4v) is 5.73. The maximum atomic E-state index is 13.0. The van der Waals surface area contributed by atoms with Gasteiger partial charge in [0.2, 0.25) is 0 Å². The van der Waals surface area contributed by atoms with Crippen LogP contribution in [0.3, 0.4) is 0 Å². The zero-order valence-electron chi connectivity index (χ0n) is 26.5. The minimum absolute atomic E-state index is 0.335. The van der Waals surface area contributed by atoms with Crippen molar-refractivity contribution >= 4 is 32.8 Å². The Balaban J connectivity index is 1.46. The van der Waals surface area contributed by atoms with E-state index in [9.17, 15) is 9.59 Å². The summed E-state index contributed by atoms with van der Waals surface area (Å²) in [6.45, 7) is 7.28. The summed E-state index contributed by atoms with van der Waals surface area (Å²) >= 11 is 3.63. The molecule has 2 aromatic carbocycles. The average Bonchev–Trinajstić information content (AvgIpc) is 3.03. The van der Waals surface area contributed by atoms with Crippen LogP contribution in [0.25, 0.3) is 10.9 Å². The highest BCUT2D eigenvalue weighted by molar-refractivity contribution is 9.10. The van der Waals surface area contributed by atoms with Gasteiger partial charge in [-0.25, -0.2) is 4.79 Å². The van der Waals surface area contributed by atoms with Crippen LogP contribution < -0.4 is 19.9 Å². The third-order valence-electron chi connectivity index (χ3n) is 7.77. The van der Waals surface area contributed by atoms with Crippen LogP contribution in [0, 0.1) is 0 Å². The van der Waals surface area contributed by atoms with Gasteiger partial charge in [0.15, 0.2) is 0 Å². The number of benzene rings is 2. The number of ether oxygens (including phenoxy) is 2. The molecule has 240 valence electrons. The highest BCUT2D eigenvalue weighted by atomic mass is 79.9. The molecule has 0 saturated heterocycles. The Labute approximate surface area is 271 Å². The largest absolute Gasteiger partial charge is 0.494 e. The molecule has 0 bridgehead atoms. The number of rotatable bonds is 23. The first-order valence-electron chi connectivity index (χ1n) is 16.6. The van der Waals surface area contributed by atoms with Crippen LogP contribution in [0.15, 0.2) is 70.5 Å². The minimum atomic E-state index is -0.620. The molecule has 3 aromatic rings. The van der Waals surface area contributed by atoms with Gasteiger partial charge in [0.25, 0.3) is 5.56 Å². The Morgan fingerprint density at radius 3 is 1.98 bits per heavy atom. The normalized spacial score (nSPS) is 11.0. The Morgan fingerprint density at radius 1 is 0.750 bits per heavy atom. The van der Waals surface area contributed by atoms with E-state index in [0.717, 1.165) is 46.7 Å². The fourth-order valence-electron chi connectivity index (χ4n) is 5.15. The minimum Gasteiger partial charge on any atom is -0.494 e. The topological polar surface area (TPSA) is 66.8 Å². The van der Waals surface area contributed by atoms with E-state index in [0.29, 0.717) is 35.8 Å². The molecule has 0 atom stereocenters. The van der Waals surface area contributed by atoms with Crippen molar-refractivity contribution in [2.24, 2.45) is 0 Å². The lowest BCUT2D eigenvalue weighted by Gasteiger charge is -2.14. The number of pyridine rings is 1. The van der Waals surface area contributed by atoms with E-state index in [-0.39, 0.29) is 0 Å². The summed E-state index contributed by atoms with van der Waals surface area (Å²) in [6, 6.07) is 13.5. The van der Waals surface area contributed by atoms with Gasteiger partial charge < -0.3 is 14.3 Å². The van der Waals surface area contributed by atoms with Gasteiger partial charge in [-0.05, 0) is 84.1 Å². The molecule has 0 aliphatic rings. The Kier molecular flexibility index (Phi) is 16.8. The van der Waals surface area contributed by atoms with E-state index in [1.807, 2.05) is 6.08 Å². The average molecular weight is 669 g/mol. The van der Waals surface area contributed by atoms with Crippen molar-refractivity contribution in [1.82, 2.24) is 4.73 Å². The van der Waals surface area contributed by atoms with Crippen molar-refractivity contribution < 1.29 is 19.1 Å². The first-order valence-corrected chi connectivity index (χ1v) is 17.4. The van der Waals surface area contributed by atoms with E-state index in [1.54, 1.807) is 42.5 Å². The van der Waals surface area contributed by atoms with Crippen molar-refractivity contribution in [2.75, 3.05) is 13.2 Å². The fraction of sp³-hybridized carbons (Fsp3) is 0.514. The molecular formula is C37H50BrNO5. The molecule has 1 heterocycles. The molecule has 0 spiro atoms. The molecule has 0 amide bonds. The molecule has 7 heteroatoms. The van der Waals surface area contributed by atoms with E-state index >= 15 is 0 Å². The number of halogens is 1. The predicted molar refractivity (Wildman–Crippen MR) is 184 cm³/mol. The first-order chi connectivity index (χ1) is 21.5. The zero-order valence-corrected chi connectivity index (χ0v) is 28.1. The van der Waals surface area contributed by atoms with Crippen LogP contribution in [0.5, 0.6) is 11.5 Å². The maximum absolute atomic E-state index is 13.0. The summed E-state index contributed by atoms with van der Waals surface area (Å²) in [5, 5.41) is 0.724. The van der Waals surface area contributed by atoms with Crippen molar-refractivity contribution in [2.45, 2.75) is 110 Å². The van der Waals surface area contributed by atoms with Gasteiger partial charge >= 0.3 is 5.97 Å². The van der Waals surface area contributed by atoms with Crippen LogP contribution in [0.1, 0.15) is 120 Å². The summed E-state index contributed by atoms with van der Waals surface area (Å²) in [5.41, 5.74) is 0.387. The van der Waals surface area contributed by atoms with Crippen LogP contribution in [0.4, 0.5) is 0 Å². The molecule has 0 N–H and O–H groups in total. The number of hydrogen-bond donors (Lipinski definition) is 0. The monoisotopic (exact) mass is 667 g/mol. The van der Waals surface area contributed by atoms with Gasteiger partial charge in [0.05, 0.1) is 28.8 Å². The Hall–Kier alpha value is -3.06. The van der Waals surface area contributed by atoms with Crippen molar-refractivity contribution in [3.8, 4) is 11.5 Å². The molecule has 6 nitrogen and oxygen atoms in total. The molecule has 44 heavy (non-hydrogen) atoms. The third kappa shape index (κ3) is 12.1. The standard InChI is InChI=1S/C37H50BrNO5/c1-3-5-7-9-11-13-15-16-18-28-42-31-22-20-30(21-23-31)37(41)44-39-33-25-26-34(36(38)32(33)24-27-35(39)40)43-29-19-17-14-12-10-8-6-4-2/h3,20-27H,1,4-19,28-29H2,2H3. The lowest BCUT2D eigenvalue weighted by Crippen LogP contribution is -2.30. The maximum Gasteiger partial charge on any atom is 0.363 e. The van der Waals surface area contributed by atoms with Crippen molar-refractivity contribution in [3.63, 3.8) is 0 Å². The lowest BCUT2D eigenvalue weighted by molar-refractivity contribution is 0.0466. The SMILES string of the molecule is C=CCCCCCCCCCOc1ccc(C(=O)On2c(=O)ccc3c(Br)c(OCCCCCCCCCC)ccc32)cc1. The summed E-state index contributed by atoms with van der Waals surface area (Å²) in [7, 11) is 0. The number of unbranched alkanes of at least 4 members (excludes halogenated alkanes) is 14. The molecule has 0 unspecified atom stereocenters. The third-order valence-corrected chi connectivity index (χ3v) is 8.59. The Morgan fingerprint density at radius 2 is 1.34 bits per heavy atom. The van der Waals surface area contributed by atoms with Crippen LogP contribution in [-0.4, -0.2) is 23.9 Å². The first kappa shape index (κ1) is 35.4. The number of carbonyl (C=O) groups excluding carboxylic acids is 1. The summed E-state index contributed by atoms with van der Waals surface area (Å²) in [5.74, 6) is 0.786. The van der Waals surface area contributed by atoms with Crippen molar-refractivity contribution in [3.05, 3.63) is 81.6 Å². The second-order valence-corrected chi connectivity index (χ2v) is 12.2. The summed E-state index contributed by atoms with van der Waals surface area (Å²) in [6.07, 6.45) is 21.4. The van der Waals surface area contributed by atoms with E-state index < -0.39 is 11.5 Å². The quantitative estimate of drug-likeness (QED) is 0.0743. The van der Waals surface area contributed by atoms with Crippen LogP contribution >= 0.6 is 15.9 Å². The zero-order chi connectivity index (χ0) is 31.4. The summed E-state index contributed by atoms with van der Waals surface area (Å²) in [4.78, 5) is 31.2. The molecular weight excluding hydrogens is 618 g/mol. The number of fused-ring (bicyclic) bond motifs is 1. The highest BCUT2D eigenvalue weighted by Gasteiger charge is 2.15. The molecule has 0 aliphatic heterocycles. The van der Waals surface area contributed by atoms with Gasteiger partial charge in [-0.2, -0.15) is 0 Å². The number of allylic oxidation sites excluding steroid dienone is 1. The van der Waals surface area contributed by atoms with E-state index in [1.165, 1.54) is 76.7 Å².